The molecule has 2 aromatic rings. The number of hydrogen-bond donors (Lipinski definition) is 0. The highest BCUT2D eigenvalue weighted by molar-refractivity contribution is 9.10. The molecular formula is C19H19Br. The van der Waals surface area contributed by atoms with Gasteiger partial charge in [-0.15, -0.1) is 0 Å². The molecule has 0 aliphatic rings. The van der Waals surface area contributed by atoms with Gasteiger partial charge in [0.1, 0.15) is 0 Å². The summed E-state index contributed by atoms with van der Waals surface area (Å²) in [4.78, 5) is 0. The normalized spacial score (nSPS) is 11.1. The second kappa shape index (κ2) is 6.71. The van der Waals surface area contributed by atoms with Crippen LogP contribution in [0.25, 0.3) is 16.3 Å². The number of hydrogen-bond acceptors (Lipinski definition) is 0. The van der Waals surface area contributed by atoms with E-state index in [0.717, 1.165) is 28.5 Å². The summed E-state index contributed by atoms with van der Waals surface area (Å²) in [7, 11) is 0. The Morgan fingerprint density at radius 1 is 1.05 bits per heavy atom. The van der Waals surface area contributed by atoms with E-state index in [4.69, 9.17) is 0 Å². The molecule has 2 aromatic carbocycles. The number of allylic oxidation sites excluding steroid dienone is 4. The minimum Gasteiger partial charge on any atom is -0.0958 e. The summed E-state index contributed by atoms with van der Waals surface area (Å²) in [5, 5.41) is 2.43. The van der Waals surface area contributed by atoms with Crippen molar-refractivity contribution in [1.29, 1.82) is 0 Å². The summed E-state index contributed by atoms with van der Waals surface area (Å²) >= 11 is 3.60. The zero-order valence-electron chi connectivity index (χ0n) is 11.8. The van der Waals surface area contributed by atoms with E-state index in [2.05, 4.69) is 84.6 Å². The van der Waals surface area contributed by atoms with Crippen LogP contribution in [0.1, 0.15) is 25.3 Å². The number of rotatable bonds is 5. The Labute approximate surface area is 129 Å². The lowest BCUT2D eigenvalue weighted by atomic mass is 9.98. The van der Waals surface area contributed by atoms with Gasteiger partial charge in [0, 0.05) is 4.47 Å². The van der Waals surface area contributed by atoms with Crippen molar-refractivity contribution >= 4 is 32.3 Å². The molecule has 0 aliphatic carbocycles. The SMILES string of the molecule is C=C(/C=C\C(=C)c1ccc(Br)c2ccccc12)CCC. The average molecular weight is 327 g/mol. The molecular weight excluding hydrogens is 308 g/mol. The van der Waals surface area contributed by atoms with Crippen LogP contribution >= 0.6 is 15.9 Å². The van der Waals surface area contributed by atoms with Crippen molar-refractivity contribution in [2.45, 2.75) is 19.8 Å². The van der Waals surface area contributed by atoms with Crippen LogP contribution in [-0.2, 0) is 0 Å². The molecule has 0 unspecified atom stereocenters. The molecule has 1 heteroatoms. The van der Waals surface area contributed by atoms with Crippen LogP contribution in [-0.4, -0.2) is 0 Å². The molecule has 0 saturated heterocycles. The molecule has 0 bridgehead atoms. The smallest absolute Gasteiger partial charge is 0.0254 e. The van der Waals surface area contributed by atoms with Crippen LogP contribution in [0.4, 0.5) is 0 Å². The highest BCUT2D eigenvalue weighted by Gasteiger charge is 2.05. The van der Waals surface area contributed by atoms with Gasteiger partial charge in [-0.1, -0.05) is 90.5 Å². The summed E-state index contributed by atoms with van der Waals surface area (Å²) in [6.45, 7) is 10.4. The van der Waals surface area contributed by atoms with Crippen LogP contribution in [0.15, 0.2) is 71.8 Å². The quantitative estimate of drug-likeness (QED) is 0.548. The maximum Gasteiger partial charge on any atom is 0.0254 e. The van der Waals surface area contributed by atoms with Crippen molar-refractivity contribution in [3.8, 4) is 0 Å². The summed E-state index contributed by atoms with van der Waals surface area (Å²) < 4.78 is 1.11. The predicted octanol–water partition coefficient (Wildman–Crippen LogP) is 6.53. The van der Waals surface area contributed by atoms with E-state index >= 15 is 0 Å². The fourth-order valence-electron chi connectivity index (χ4n) is 2.25. The zero-order valence-corrected chi connectivity index (χ0v) is 13.4. The van der Waals surface area contributed by atoms with Crippen LogP contribution < -0.4 is 0 Å². The molecule has 0 amide bonds. The van der Waals surface area contributed by atoms with Gasteiger partial charge in [0.15, 0.2) is 0 Å². The van der Waals surface area contributed by atoms with Crippen molar-refractivity contribution in [3.63, 3.8) is 0 Å². The third kappa shape index (κ3) is 3.29. The Bertz CT molecular complexity index is 677. The first-order valence-electron chi connectivity index (χ1n) is 6.86. The van der Waals surface area contributed by atoms with Gasteiger partial charge in [0.05, 0.1) is 0 Å². The van der Waals surface area contributed by atoms with Gasteiger partial charge >= 0.3 is 0 Å². The van der Waals surface area contributed by atoms with Crippen LogP contribution in [0.3, 0.4) is 0 Å². The molecule has 0 atom stereocenters. The highest BCUT2D eigenvalue weighted by Crippen LogP contribution is 2.30. The minimum atomic E-state index is 1.02. The van der Waals surface area contributed by atoms with Crippen molar-refractivity contribution in [2.24, 2.45) is 0 Å². The van der Waals surface area contributed by atoms with Gasteiger partial charge in [0.2, 0.25) is 0 Å². The lowest BCUT2D eigenvalue weighted by Crippen LogP contribution is -1.85. The van der Waals surface area contributed by atoms with E-state index in [9.17, 15) is 0 Å². The third-order valence-electron chi connectivity index (χ3n) is 3.31. The third-order valence-corrected chi connectivity index (χ3v) is 4.00. The molecule has 0 saturated carbocycles. The second-order valence-electron chi connectivity index (χ2n) is 4.91. The standard InChI is InChI=1S/C19H19Br/c1-4-7-14(2)10-11-15(3)16-12-13-19(20)18-9-6-5-8-17(16)18/h5-6,8-13H,2-4,7H2,1H3/b11-10-. The summed E-state index contributed by atoms with van der Waals surface area (Å²) in [5.41, 5.74) is 3.34. The molecule has 102 valence electrons. The van der Waals surface area contributed by atoms with E-state index in [1.165, 1.54) is 16.3 Å². The maximum atomic E-state index is 4.19. The van der Waals surface area contributed by atoms with E-state index < -0.39 is 0 Å². The summed E-state index contributed by atoms with van der Waals surface area (Å²) in [5.74, 6) is 0. The molecule has 0 spiro atoms. The Kier molecular flexibility index (Phi) is 4.97. The van der Waals surface area contributed by atoms with E-state index in [-0.39, 0.29) is 0 Å². The number of halogens is 1. The fourth-order valence-corrected chi connectivity index (χ4v) is 2.73. The van der Waals surface area contributed by atoms with Crippen molar-refractivity contribution in [2.75, 3.05) is 0 Å². The Morgan fingerprint density at radius 3 is 2.45 bits per heavy atom. The molecule has 2 rings (SSSR count). The lowest BCUT2D eigenvalue weighted by Gasteiger charge is -2.08. The van der Waals surface area contributed by atoms with Gasteiger partial charge < -0.3 is 0 Å². The van der Waals surface area contributed by atoms with Gasteiger partial charge in [-0.05, 0) is 34.4 Å². The van der Waals surface area contributed by atoms with Crippen LogP contribution in [0.5, 0.6) is 0 Å². The Morgan fingerprint density at radius 2 is 1.75 bits per heavy atom. The Hall–Kier alpha value is -1.60. The first kappa shape index (κ1) is 14.8. The van der Waals surface area contributed by atoms with E-state index in [1.807, 2.05) is 0 Å². The van der Waals surface area contributed by atoms with Gasteiger partial charge in [-0.25, -0.2) is 0 Å². The second-order valence-corrected chi connectivity index (χ2v) is 5.76. The van der Waals surface area contributed by atoms with Crippen molar-refractivity contribution in [1.82, 2.24) is 0 Å². The fraction of sp³-hybridized carbons (Fsp3) is 0.158. The summed E-state index contributed by atoms with van der Waals surface area (Å²) in [6, 6.07) is 12.6. The molecule has 0 heterocycles. The summed E-state index contributed by atoms with van der Waals surface area (Å²) in [6.07, 6.45) is 6.29. The number of fused-ring (bicyclic) bond motifs is 1. The van der Waals surface area contributed by atoms with Crippen LogP contribution in [0.2, 0.25) is 0 Å². The molecule has 0 radical (unpaired) electrons. The largest absolute Gasteiger partial charge is 0.0958 e. The first-order chi connectivity index (χ1) is 9.63. The topological polar surface area (TPSA) is 0 Å². The average Bonchev–Trinajstić information content (AvgIpc) is 2.46. The Balaban J connectivity index is 2.36. The monoisotopic (exact) mass is 326 g/mol. The zero-order chi connectivity index (χ0) is 14.5. The van der Waals surface area contributed by atoms with Gasteiger partial charge in [-0.2, -0.15) is 0 Å². The van der Waals surface area contributed by atoms with Crippen molar-refractivity contribution in [3.05, 3.63) is 77.3 Å². The molecule has 0 nitrogen and oxygen atoms in total. The molecule has 0 fully saturated rings. The lowest BCUT2D eigenvalue weighted by molar-refractivity contribution is 0.930. The molecule has 0 aliphatic heterocycles. The van der Waals surface area contributed by atoms with E-state index in [1.54, 1.807) is 0 Å². The van der Waals surface area contributed by atoms with E-state index in [0.29, 0.717) is 0 Å². The molecule has 20 heavy (non-hydrogen) atoms. The van der Waals surface area contributed by atoms with Gasteiger partial charge in [0.25, 0.3) is 0 Å². The molecule has 0 N–H and O–H groups in total. The predicted molar refractivity (Wildman–Crippen MR) is 93.9 cm³/mol. The molecule has 0 aromatic heterocycles. The van der Waals surface area contributed by atoms with Crippen LogP contribution in [0, 0.1) is 0 Å². The minimum absolute atomic E-state index is 1.02. The van der Waals surface area contributed by atoms with Gasteiger partial charge in [-0.3, -0.25) is 0 Å². The van der Waals surface area contributed by atoms with Crippen molar-refractivity contribution < 1.29 is 0 Å². The number of benzene rings is 2. The first-order valence-corrected chi connectivity index (χ1v) is 7.65. The highest BCUT2D eigenvalue weighted by atomic mass is 79.9. The maximum absolute atomic E-state index is 4.19.